The third-order valence-electron chi connectivity index (χ3n) is 5.43. The molecule has 0 aromatic heterocycles. The summed E-state index contributed by atoms with van der Waals surface area (Å²) in [5.41, 5.74) is 1.16. The molecular formula is C15H24O3. The molecule has 5 atom stereocenters. The molecule has 2 saturated carbocycles. The van der Waals surface area contributed by atoms with E-state index >= 15 is 0 Å². The summed E-state index contributed by atoms with van der Waals surface area (Å²) in [6.45, 7) is 8.14. The summed E-state index contributed by atoms with van der Waals surface area (Å²) in [4.78, 5) is 11.1. The zero-order valence-electron chi connectivity index (χ0n) is 11.4. The van der Waals surface area contributed by atoms with Crippen LogP contribution in [-0.2, 0) is 4.79 Å². The van der Waals surface area contributed by atoms with E-state index in [-0.39, 0.29) is 23.4 Å². The van der Waals surface area contributed by atoms with Gasteiger partial charge in [-0.1, -0.05) is 20.4 Å². The molecule has 0 radical (unpaired) electrons. The molecule has 0 aliphatic heterocycles. The Kier molecular flexibility index (Phi) is 3.54. The minimum atomic E-state index is -0.703. The Morgan fingerprint density at radius 2 is 2.06 bits per heavy atom. The Morgan fingerprint density at radius 1 is 1.44 bits per heavy atom. The lowest BCUT2D eigenvalue weighted by atomic mass is 9.55. The molecule has 2 aliphatic carbocycles. The van der Waals surface area contributed by atoms with Crippen LogP contribution >= 0.6 is 0 Å². The molecule has 5 unspecified atom stereocenters. The van der Waals surface area contributed by atoms with Gasteiger partial charge in [-0.05, 0) is 54.9 Å². The molecule has 18 heavy (non-hydrogen) atoms. The van der Waals surface area contributed by atoms with Crippen molar-refractivity contribution in [3.63, 3.8) is 0 Å². The summed E-state index contributed by atoms with van der Waals surface area (Å²) < 4.78 is 0. The number of carboxylic acids is 1. The first-order chi connectivity index (χ1) is 8.35. The second-order valence-corrected chi connectivity index (χ2v) is 6.50. The molecule has 0 saturated heterocycles. The second kappa shape index (κ2) is 4.69. The molecule has 2 rings (SSSR count). The highest BCUT2D eigenvalue weighted by atomic mass is 16.4. The molecule has 0 bridgehead atoms. The van der Waals surface area contributed by atoms with Crippen molar-refractivity contribution in [1.82, 2.24) is 0 Å². The minimum Gasteiger partial charge on any atom is -0.481 e. The molecule has 3 nitrogen and oxygen atoms in total. The van der Waals surface area contributed by atoms with Crippen molar-refractivity contribution in [3.8, 4) is 0 Å². The van der Waals surface area contributed by atoms with E-state index in [9.17, 15) is 9.90 Å². The van der Waals surface area contributed by atoms with Gasteiger partial charge in [-0.25, -0.2) is 0 Å². The van der Waals surface area contributed by atoms with Gasteiger partial charge in [0.15, 0.2) is 0 Å². The Hall–Kier alpha value is -0.830. The zero-order valence-corrected chi connectivity index (χ0v) is 11.4. The van der Waals surface area contributed by atoms with Gasteiger partial charge in [0.2, 0.25) is 0 Å². The number of rotatable bonds is 2. The van der Waals surface area contributed by atoms with Crippen molar-refractivity contribution in [2.45, 2.75) is 52.1 Å². The minimum absolute atomic E-state index is 0.225. The third kappa shape index (κ3) is 2.20. The maximum absolute atomic E-state index is 11.1. The summed E-state index contributed by atoms with van der Waals surface area (Å²) in [6.07, 6.45) is 4.38. The number of carboxylic acid groups (broad SMARTS) is 1. The Morgan fingerprint density at radius 3 is 2.67 bits per heavy atom. The summed E-state index contributed by atoms with van der Waals surface area (Å²) in [7, 11) is 0. The van der Waals surface area contributed by atoms with Gasteiger partial charge in [0.05, 0.1) is 12.0 Å². The number of fused-ring (bicyclic) bond motifs is 1. The Bertz CT molecular complexity index is 363. The van der Waals surface area contributed by atoms with Gasteiger partial charge < -0.3 is 10.2 Å². The fourth-order valence-corrected chi connectivity index (χ4v) is 3.83. The van der Waals surface area contributed by atoms with Gasteiger partial charge in [-0.3, -0.25) is 4.79 Å². The van der Waals surface area contributed by atoms with E-state index in [0.29, 0.717) is 5.92 Å². The topological polar surface area (TPSA) is 57.5 Å². The summed E-state index contributed by atoms with van der Waals surface area (Å²) in [5, 5.41) is 19.1. The first-order valence-electron chi connectivity index (χ1n) is 6.94. The second-order valence-electron chi connectivity index (χ2n) is 6.50. The van der Waals surface area contributed by atoms with Crippen molar-refractivity contribution in [2.75, 3.05) is 0 Å². The monoisotopic (exact) mass is 252 g/mol. The number of aliphatic hydroxyl groups excluding tert-OH is 1. The van der Waals surface area contributed by atoms with Crippen LogP contribution < -0.4 is 0 Å². The van der Waals surface area contributed by atoms with Crippen LogP contribution in [0.15, 0.2) is 12.2 Å². The molecule has 0 aromatic rings. The van der Waals surface area contributed by atoms with E-state index in [1.54, 1.807) is 6.92 Å². The molecule has 0 aromatic carbocycles. The van der Waals surface area contributed by atoms with E-state index in [1.807, 2.05) is 0 Å². The van der Waals surface area contributed by atoms with Crippen LogP contribution in [0.4, 0.5) is 0 Å². The molecule has 2 N–H and O–H groups in total. The number of hydrogen-bond donors (Lipinski definition) is 2. The lowest BCUT2D eigenvalue weighted by molar-refractivity contribution is -0.144. The fraction of sp³-hybridized carbons (Fsp3) is 0.800. The predicted molar refractivity (Wildman–Crippen MR) is 70.1 cm³/mol. The van der Waals surface area contributed by atoms with Crippen LogP contribution in [-0.4, -0.2) is 22.3 Å². The maximum Gasteiger partial charge on any atom is 0.306 e. The molecule has 0 heterocycles. The number of aliphatic hydroxyl groups is 1. The van der Waals surface area contributed by atoms with Crippen LogP contribution in [0.1, 0.15) is 46.0 Å². The Labute approximate surface area is 109 Å². The van der Waals surface area contributed by atoms with Crippen LogP contribution in [0.5, 0.6) is 0 Å². The van der Waals surface area contributed by atoms with E-state index in [4.69, 9.17) is 5.11 Å². The third-order valence-corrected chi connectivity index (χ3v) is 5.43. The van der Waals surface area contributed by atoms with Crippen LogP contribution in [0.3, 0.4) is 0 Å². The summed E-state index contributed by atoms with van der Waals surface area (Å²) >= 11 is 0. The summed E-state index contributed by atoms with van der Waals surface area (Å²) in [6, 6.07) is 0. The normalized spacial score (nSPS) is 42.2. The molecule has 2 aliphatic rings. The molecule has 2 fully saturated rings. The summed E-state index contributed by atoms with van der Waals surface area (Å²) in [5.74, 6) is -0.476. The standard InChI is InChI=1S/C15H24O3/c1-9(14(17)18)11-4-6-15(3)7-5-13(16)10(2)12(15)8-11/h9,11-13,16H,2,4-8H2,1,3H3,(H,17,18). The van der Waals surface area contributed by atoms with E-state index in [2.05, 4.69) is 13.5 Å². The molecule has 3 heteroatoms. The van der Waals surface area contributed by atoms with Crippen LogP contribution in [0.2, 0.25) is 0 Å². The van der Waals surface area contributed by atoms with Gasteiger partial charge in [-0.2, -0.15) is 0 Å². The average molecular weight is 252 g/mol. The zero-order chi connectivity index (χ0) is 13.5. The quantitative estimate of drug-likeness (QED) is 0.743. The van der Waals surface area contributed by atoms with Crippen molar-refractivity contribution in [1.29, 1.82) is 0 Å². The van der Waals surface area contributed by atoms with Crippen molar-refractivity contribution in [2.24, 2.45) is 23.2 Å². The van der Waals surface area contributed by atoms with Gasteiger partial charge in [0, 0.05) is 0 Å². The van der Waals surface area contributed by atoms with E-state index < -0.39 is 5.97 Å². The van der Waals surface area contributed by atoms with Crippen molar-refractivity contribution in [3.05, 3.63) is 12.2 Å². The van der Waals surface area contributed by atoms with Crippen LogP contribution in [0.25, 0.3) is 0 Å². The number of carbonyl (C=O) groups is 1. The highest BCUT2D eigenvalue weighted by molar-refractivity contribution is 5.69. The molecular weight excluding hydrogens is 228 g/mol. The van der Waals surface area contributed by atoms with Gasteiger partial charge in [0.25, 0.3) is 0 Å². The van der Waals surface area contributed by atoms with Gasteiger partial charge in [0.1, 0.15) is 0 Å². The first-order valence-corrected chi connectivity index (χ1v) is 6.94. The van der Waals surface area contributed by atoms with Crippen molar-refractivity contribution >= 4 is 5.97 Å². The molecule has 102 valence electrons. The highest BCUT2D eigenvalue weighted by Gasteiger charge is 2.46. The number of aliphatic carboxylic acids is 1. The SMILES string of the molecule is C=C1C(O)CCC2(C)CCC(C(C)C(=O)O)CC12. The van der Waals surface area contributed by atoms with E-state index in [1.165, 1.54) is 0 Å². The van der Waals surface area contributed by atoms with Crippen molar-refractivity contribution < 1.29 is 15.0 Å². The molecule has 0 amide bonds. The smallest absolute Gasteiger partial charge is 0.306 e. The lowest BCUT2D eigenvalue weighted by Gasteiger charge is -2.50. The highest BCUT2D eigenvalue weighted by Crippen LogP contribution is 2.54. The first kappa shape index (κ1) is 13.6. The fourth-order valence-electron chi connectivity index (χ4n) is 3.83. The largest absolute Gasteiger partial charge is 0.481 e. The number of hydrogen-bond acceptors (Lipinski definition) is 2. The average Bonchev–Trinajstić information content (AvgIpc) is 2.33. The van der Waals surface area contributed by atoms with Crippen LogP contribution in [0, 0.1) is 23.2 Å². The Balaban J connectivity index is 2.15. The molecule has 0 spiro atoms. The maximum atomic E-state index is 11.1. The van der Waals surface area contributed by atoms with Gasteiger partial charge in [-0.15, -0.1) is 0 Å². The van der Waals surface area contributed by atoms with Gasteiger partial charge >= 0.3 is 5.97 Å². The lowest BCUT2D eigenvalue weighted by Crippen LogP contribution is -2.44. The predicted octanol–water partition coefficient (Wildman–Crippen LogP) is 2.84. The van der Waals surface area contributed by atoms with E-state index in [0.717, 1.165) is 37.7 Å².